The van der Waals surface area contributed by atoms with Gasteiger partial charge in [0.2, 0.25) is 5.82 Å². The highest BCUT2D eigenvalue weighted by Gasteiger charge is 2.38. The first-order valence-corrected chi connectivity index (χ1v) is 10.9. The van der Waals surface area contributed by atoms with Crippen molar-refractivity contribution in [2.75, 3.05) is 11.1 Å². The Labute approximate surface area is 206 Å². The van der Waals surface area contributed by atoms with Crippen LogP contribution in [0.5, 0.6) is 0 Å². The summed E-state index contributed by atoms with van der Waals surface area (Å²) in [5.41, 5.74) is 0.393. The number of amides is 1. The van der Waals surface area contributed by atoms with Crippen LogP contribution in [0.4, 0.5) is 18.9 Å². The number of hydrogen-bond donors (Lipinski definition) is 2. The third kappa shape index (κ3) is 5.40. The number of thioether (sulfide) groups is 1. The number of aromatic nitrogens is 4. The van der Waals surface area contributed by atoms with Crippen molar-refractivity contribution >= 4 is 70.0 Å². The number of nitrogens with one attached hydrogen (secondary N) is 2. The summed E-state index contributed by atoms with van der Waals surface area (Å²) in [7, 11) is 0. The lowest BCUT2D eigenvalue weighted by Crippen LogP contribution is -2.16. The quantitative estimate of drug-likeness (QED) is 0.274. The average Bonchev–Trinajstić information content (AvgIpc) is 3.36. The van der Waals surface area contributed by atoms with Crippen molar-refractivity contribution < 1.29 is 18.0 Å². The summed E-state index contributed by atoms with van der Waals surface area (Å²) >= 11 is 13.4. The molecule has 0 aliphatic heterocycles. The molecule has 4 rings (SSSR count). The van der Waals surface area contributed by atoms with Crippen LogP contribution in [0.3, 0.4) is 0 Å². The van der Waals surface area contributed by atoms with Crippen LogP contribution in [0.15, 0.2) is 53.9 Å². The van der Waals surface area contributed by atoms with Crippen LogP contribution in [0.2, 0.25) is 10.0 Å². The number of H-pyrrole nitrogens is 1. The molecule has 174 valence electrons. The largest absolute Gasteiger partial charge is 0.449 e. The highest BCUT2D eigenvalue weighted by molar-refractivity contribution is 7.99. The number of imidazole rings is 2. The Morgan fingerprint density at radius 1 is 1.15 bits per heavy atom. The third-order valence-corrected chi connectivity index (χ3v) is 6.01. The Balaban J connectivity index is 0.00000306. The molecule has 13 heteroatoms. The Kier molecular flexibility index (Phi) is 7.84. The van der Waals surface area contributed by atoms with Crippen molar-refractivity contribution in [1.29, 1.82) is 0 Å². The lowest BCUT2D eigenvalue weighted by atomic mass is 10.2. The maximum absolute atomic E-state index is 13.7. The standard InChI is InChI=1S/C20H14Cl2F3N5OS.ClH/c21-11-3-1-4-12(22)15(11)17(31)28-13-5-2-6-14-16(13)29-18(20(23,24)25)30(14)9-10-32-19-26-7-8-27-19;/h1-8H,9-10H2,(H,26,27)(H,28,31);1H. The highest BCUT2D eigenvalue weighted by Crippen LogP contribution is 2.35. The second-order valence-corrected chi connectivity index (χ2v) is 8.45. The van der Waals surface area contributed by atoms with E-state index in [1.165, 1.54) is 36.0 Å². The first-order chi connectivity index (χ1) is 15.3. The molecule has 0 unspecified atom stereocenters. The van der Waals surface area contributed by atoms with Gasteiger partial charge in [-0.15, -0.1) is 12.4 Å². The van der Waals surface area contributed by atoms with Crippen LogP contribution in [0, 0.1) is 0 Å². The maximum atomic E-state index is 13.7. The molecule has 0 atom stereocenters. The predicted molar refractivity (Wildman–Crippen MR) is 126 cm³/mol. The van der Waals surface area contributed by atoms with Crippen LogP contribution in [0.1, 0.15) is 16.2 Å². The van der Waals surface area contributed by atoms with E-state index < -0.39 is 17.9 Å². The van der Waals surface area contributed by atoms with Gasteiger partial charge in [-0.25, -0.2) is 9.97 Å². The number of aromatic amines is 1. The molecule has 0 saturated carbocycles. The van der Waals surface area contributed by atoms with E-state index in [9.17, 15) is 18.0 Å². The lowest BCUT2D eigenvalue weighted by Gasteiger charge is -2.11. The van der Waals surface area contributed by atoms with Crippen LogP contribution in [-0.2, 0) is 12.7 Å². The number of alkyl halides is 3. The first-order valence-electron chi connectivity index (χ1n) is 9.19. The molecule has 2 aromatic carbocycles. The van der Waals surface area contributed by atoms with Gasteiger partial charge < -0.3 is 14.9 Å². The number of halogens is 6. The zero-order valence-corrected chi connectivity index (χ0v) is 19.6. The van der Waals surface area contributed by atoms with E-state index in [1.807, 2.05) is 0 Å². The van der Waals surface area contributed by atoms with Crippen molar-refractivity contribution in [2.45, 2.75) is 17.9 Å². The maximum Gasteiger partial charge on any atom is 0.449 e. The van der Waals surface area contributed by atoms with Gasteiger partial charge in [-0.2, -0.15) is 13.2 Å². The fourth-order valence-corrected chi connectivity index (χ4v) is 4.48. The molecule has 0 spiro atoms. The lowest BCUT2D eigenvalue weighted by molar-refractivity contribution is -0.146. The molecule has 6 nitrogen and oxygen atoms in total. The molecular formula is C20H15Cl3F3N5OS. The zero-order valence-electron chi connectivity index (χ0n) is 16.5. The summed E-state index contributed by atoms with van der Waals surface area (Å²) in [6.45, 7) is 0.0322. The summed E-state index contributed by atoms with van der Waals surface area (Å²) in [6, 6.07) is 9.11. The summed E-state index contributed by atoms with van der Waals surface area (Å²) in [5.74, 6) is -1.37. The van der Waals surface area contributed by atoms with Gasteiger partial charge in [0.25, 0.3) is 5.91 Å². The number of fused-ring (bicyclic) bond motifs is 1. The Morgan fingerprint density at radius 3 is 2.48 bits per heavy atom. The number of carbonyl (C=O) groups is 1. The van der Waals surface area contributed by atoms with Gasteiger partial charge in [-0.1, -0.05) is 47.1 Å². The molecule has 2 heterocycles. The Hall–Kier alpha value is -2.40. The fourth-order valence-electron chi connectivity index (χ4n) is 3.15. The minimum Gasteiger partial charge on any atom is -0.340 e. The van der Waals surface area contributed by atoms with Crippen LogP contribution < -0.4 is 5.32 Å². The van der Waals surface area contributed by atoms with E-state index in [-0.39, 0.29) is 51.3 Å². The van der Waals surface area contributed by atoms with Gasteiger partial charge >= 0.3 is 6.18 Å². The predicted octanol–water partition coefficient (Wildman–Crippen LogP) is 6.55. The third-order valence-electron chi connectivity index (χ3n) is 4.50. The number of anilines is 1. The van der Waals surface area contributed by atoms with Gasteiger partial charge in [-0.3, -0.25) is 4.79 Å². The van der Waals surface area contributed by atoms with Gasteiger partial charge in [-0.05, 0) is 24.3 Å². The first kappa shape index (κ1) is 25.2. The molecule has 2 aromatic heterocycles. The second-order valence-electron chi connectivity index (χ2n) is 6.55. The number of nitrogens with zero attached hydrogens (tertiary/aromatic N) is 3. The van der Waals surface area contributed by atoms with E-state index >= 15 is 0 Å². The molecule has 1 amide bonds. The number of rotatable bonds is 6. The number of carbonyl (C=O) groups excluding carboxylic acids is 1. The molecular weight excluding hydrogens is 522 g/mol. The fraction of sp³-hybridized carbons (Fsp3) is 0.150. The molecule has 0 fully saturated rings. The highest BCUT2D eigenvalue weighted by atomic mass is 35.5. The van der Waals surface area contributed by atoms with Crippen LogP contribution >= 0.6 is 47.4 Å². The molecule has 0 bridgehead atoms. The van der Waals surface area contributed by atoms with E-state index in [0.717, 1.165) is 4.57 Å². The monoisotopic (exact) mass is 535 g/mol. The van der Waals surface area contributed by atoms with Crippen molar-refractivity contribution in [3.63, 3.8) is 0 Å². The zero-order chi connectivity index (χ0) is 22.9. The summed E-state index contributed by atoms with van der Waals surface area (Å²) < 4.78 is 42.3. The molecule has 2 N–H and O–H groups in total. The summed E-state index contributed by atoms with van der Waals surface area (Å²) in [6.07, 6.45) is -1.48. The van der Waals surface area contributed by atoms with Crippen molar-refractivity contribution in [3.05, 3.63) is 70.2 Å². The SMILES string of the molecule is Cl.O=C(Nc1cccc2c1nc(C(F)(F)F)n2CCSc1ncc[nH]1)c1c(Cl)cccc1Cl. The molecule has 0 aliphatic rings. The Bertz CT molecular complexity index is 1260. The molecule has 0 aliphatic carbocycles. The van der Waals surface area contributed by atoms with Crippen LogP contribution in [0.25, 0.3) is 11.0 Å². The molecule has 0 saturated heterocycles. The van der Waals surface area contributed by atoms with Gasteiger partial charge in [0, 0.05) is 24.7 Å². The van der Waals surface area contributed by atoms with Crippen molar-refractivity contribution in [1.82, 2.24) is 19.5 Å². The summed E-state index contributed by atoms with van der Waals surface area (Å²) in [5, 5.41) is 3.43. The molecule has 0 radical (unpaired) electrons. The smallest absolute Gasteiger partial charge is 0.340 e. The van der Waals surface area contributed by atoms with Crippen molar-refractivity contribution in [3.8, 4) is 0 Å². The summed E-state index contributed by atoms with van der Waals surface area (Å²) in [4.78, 5) is 23.5. The minimum absolute atomic E-state index is 0. The second kappa shape index (κ2) is 10.3. The van der Waals surface area contributed by atoms with Gasteiger partial charge in [0.1, 0.15) is 5.52 Å². The average molecular weight is 537 g/mol. The number of para-hydroxylation sites is 1. The van der Waals surface area contributed by atoms with E-state index in [4.69, 9.17) is 23.2 Å². The normalized spacial score (nSPS) is 11.4. The number of hydrogen-bond acceptors (Lipinski definition) is 4. The van der Waals surface area contributed by atoms with E-state index in [1.54, 1.807) is 24.5 Å². The van der Waals surface area contributed by atoms with Crippen molar-refractivity contribution in [2.24, 2.45) is 0 Å². The topological polar surface area (TPSA) is 75.6 Å². The van der Waals surface area contributed by atoms with Gasteiger partial charge in [0.05, 0.1) is 26.8 Å². The van der Waals surface area contributed by atoms with E-state index in [0.29, 0.717) is 10.9 Å². The number of aryl methyl sites for hydroxylation is 1. The van der Waals surface area contributed by atoms with Gasteiger partial charge in [0.15, 0.2) is 5.16 Å². The Morgan fingerprint density at radius 2 is 1.85 bits per heavy atom. The van der Waals surface area contributed by atoms with E-state index in [2.05, 4.69) is 20.3 Å². The molecule has 4 aromatic rings. The number of benzene rings is 2. The molecule has 33 heavy (non-hydrogen) atoms. The van der Waals surface area contributed by atoms with Crippen LogP contribution in [-0.4, -0.2) is 31.2 Å². The minimum atomic E-state index is -4.68.